The van der Waals surface area contributed by atoms with Gasteiger partial charge in [-0.2, -0.15) is 0 Å². The third-order valence-corrected chi connectivity index (χ3v) is 7.39. The Morgan fingerprint density at radius 3 is 2.63 bits per heavy atom. The molecule has 2 aromatic carbocycles. The number of nitrogens with two attached hydrogens (primary N) is 1. The van der Waals surface area contributed by atoms with E-state index in [4.69, 9.17) is 5.73 Å². The Bertz CT molecular complexity index is 1210. The van der Waals surface area contributed by atoms with E-state index in [1.165, 1.54) is 6.07 Å². The first-order valence-corrected chi connectivity index (χ1v) is 11.5. The minimum atomic E-state index is -3.85. The average Bonchev–Trinajstić information content (AvgIpc) is 3.53. The number of carbonyl (C=O) groups is 2. The molecule has 30 heavy (non-hydrogen) atoms. The predicted molar refractivity (Wildman–Crippen MR) is 114 cm³/mol. The lowest BCUT2D eigenvalue weighted by Gasteiger charge is -2.35. The standard InChI is InChI=1S/C22H21N3O4S/c23-14-7-8-16-19(11-14)30(28,29)12-17(24-16)20-21(26)15-3-1-2-4-18(15)25(22(20)27)10-9-13-5-6-13/h1-4,7-8,11-13,20,24H,5-6,9-10,23H2. The zero-order valence-electron chi connectivity index (χ0n) is 16.2. The molecule has 0 spiro atoms. The Labute approximate surface area is 174 Å². The first-order chi connectivity index (χ1) is 14.3. The number of fused-ring (bicyclic) bond motifs is 2. The van der Waals surface area contributed by atoms with E-state index in [0.717, 1.165) is 24.7 Å². The van der Waals surface area contributed by atoms with Gasteiger partial charge in [-0.1, -0.05) is 25.0 Å². The molecule has 1 fully saturated rings. The first kappa shape index (κ1) is 18.9. The van der Waals surface area contributed by atoms with Gasteiger partial charge in [0.2, 0.25) is 15.7 Å². The molecule has 1 atom stereocenters. The van der Waals surface area contributed by atoms with Gasteiger partial charge in [0.05, 0.1) is 21.7 Å². The molecule has 3 aliphatic rings. The van der Waals surface area contributed by atoms with Gasteiger partial charge in [-0.15, -0.1) is 0 Å². The number of sulfone groups is 1. The quantitative estimate of drug-likeness (QED) is 0.578. The number of nitrogen functional groups attached to an aromatic ring is 1. The molecule has 1 amide bonds. The third kappa shape index (κ3) is 3.08. The summed E-state index contributed by atoms with van der Waals surface area (Å²) < 4.78 is 25.7. The lowest BCUT2D eigenvalue weighted by atomic mass is 9.87. The fourth-order valence-electron chi connectivity index (χ4n) is 4.12. The number of anilines is 3. The van der Waals surface area contributed by atoms with Crippen molar-refractivity contribution in [1.82, 2.24) is 0 Å². The maximum Gasteiger partial charge on any atom is 0.244 e. The number of amides is 1. The van der Waals surface area contributed by atoms with Gasteiger partial charge in [0.1, 0.15) is 5.92 Å². The molecule has 1 saturated carbocycles. The Kier molecular flexibility index (Phi) is 4.21. The zero-order valence-corrected chi connectivity index (χ0v) is 17.0. The molecule has 0 radical (unpaired) electrons. The van der Waals surface area contributed by atoms with Crippen LogP contribution in [0.25, 0.3) is 0 Å². The van der Waals surface area contributed by atoms with Gasteiger partial charge in [-0.05, 0) is 42.7 Å². The summed E-state index contributed by atoms with van der Waals surface area (Å²) in [6, 6.07) is 11.5. The summed E-state index contributed by atoms with van der Waals surface area (Å²) in [5.74, 6) is -1.40. The van der Waals surface area contributed by atoms with E-state index >= 15 is 0 Å². The van der Waals surface area contributed by atoms with Gasteiger partial charge in [0.15, 0.2) is 5.78 Å². The molecular formula is C22H21N3O4S. The van der Waals surface area contributed by atoms with Gasteiger partial charge in [0, 0.05) is 23.5 Å². The van der Waals surface area contributed by atoms with Crippen molar-refractivity contribution in [1.29, 1.82) is 0 Å². The predicted octanol–water partition coefficient (Wildman–Crippen LogP) is 2.96. The highest BCUT2D eigenvalue weighted by molar-refractivity contribution is 7.94. The Balaban J connectivity index is 1.57. The summed E-state index contributed by atoms with van der Waals surface area (Å²) in [7, 11) is -3.85. The van der Waals surface area contributed by atoms with Gasteiger partial charge < -0.3 is 16.0 Å². The highest BCUT2D eigenvalue weighted by atomic mass is 32.2. The van der Waals surface area contributed by atoms with Crippen LogP contribution in [-0.2, 0) is 14.6 Å². The number of benzene rings is 2. The molecule has 2 aliphatic heterocycles. The van der Waals surface area contributed by atoms with Crippen LogP contribution in [-0.4, -0.2) is 26.7 Å². The van der Waals surface area contributed by atoms with Crippen LogP contribution in [0.3, 0.4) is 0 Å². The molecule has 0 saturated heterocycles. The number of carbonyl (C=O) groups excluding carboxylic acids is 2. The van der Waals surface area contributed by atoms with Crippen molar-refractivity contribution in [3.8, 4) is 0 Å². The number of nitrogens with zero attached hydrogens (tertiary/aromatic N) is 1. The molecule has 154 valence electrons. The van der Waals surface area contributed by atoms with Crippen LogP contribution in [0.4, 0.5) is 17.1 Å². The first-order valence-electron chi connectivity index (χ1n) is 9.93. The molecule has 8 heteroatoms. The molecule has 1 aliphatic carbocycles. The summed E-state index contributed by atoms with van der Waals surface area (Å²) in [6.07, 6.45) is 3.20. The number of nitrogens with one attached hydrogen (secondary N) is 1. The lowest BCUT2D eigenvalue weighted by Crippen LogP contribution is -2.47. The van der Waals surface area contributed by atoms with Crippen molar-refractivity contribution >= 4 is 38.6 Å². The zero-order chi connectivity index (χ0) is 21.0. The number of Topliss-reactive ketones (excluding diaryl/α,β-unsaturated/α-hetero) is 1. The Morgan fingerprint density at radius 1 is 1.10 bits per heavy atom. The number of hydrogen-bond donors (Lipinski definition) is 2. The Hall–Kier alpha value is -3.13. The van der Waals surface area contributed by atoms with E-state index in [9.17, 15) is 18.0 Å². The second-order valence-electron chi connectivity index (χ2n) is 8.04. The van der Waals surface area contributed by atoms with Crippen LogP contribution in [0, 0.1) is 11.8 Å². The van der Waals surface area contributed by atoms with Crippen LogP contribution < -0.4 is 16.0 Å². The van der Waals surface area contributed by atoms with Crippen LogP contribution in [0.1, 0.15) is 29.6 Å². The van der Waals surface area contributed by atoms with Gasteiger partial charge >= 0.3 is 0 Å². The van der Waals surface area contributed by atoms with E-state index in [-0.39, 0.29) is 10.6 Å². The fraction of sp³-hybridized carbons (Fsp3) is 0.273. The van der Waals surface area contributed by atoms with Crippen molar-refractivity contribution in [2.45, 2.75) is 24.2 Å². The van der Waals surface area contributed by atoms with Crippen molar-refractivity contribution in [2.75, 3.05) is 22.5 Å². The number of para-hydroxylation sites is 1. The SMILES string of the molecule is Nc1ccc2c(c1)S(=O)(=O)C=C(C1C(=O)c3ccccc3N(CCC3CC3)C1=O)N2. The molecule has 3 N–H and O–H groups in total. The molecule has 2 heterocycles. The molecule has 0 bridgehead atoms. The molecule has 0 aromatic heterocycles. The smallest absolute Gasteiger partial charge is 0.244 e. The summed E-state index contributed by atoms with van der Waals surface area (Å²) in [4.78, 5) is 28.3. The normalized spacial score (nSPS) is 22.1. The third-order valence-electron chi connectivity index (χ3n) is 5.88. The van der Waals surface area contributed by atoms with Crippen molar-refractivity contribution < 1.29 is 18.0 Å². The minimum Gasteiger partial charge on any atom is -0.399 e. The van der Waals surface area contributed by atoms with Crippen LogP contribution in [0.15, 0.2) is 58.5 Å². The van der Waals surface area contributed by atoms with Gasteiger partial charge in [0.25, 0.3) is 0 Å². The minimum absolute atomic E-state index is 0.0351. The van der Waals surface area contributed by atoms with E-state index in [2.05, 4.69) is 5.32 Å². The topological polar surface area (TPSA) is 110 Å². The maximum absolute atomic E-state index is 13.4. The van der Waals surface area contributed by atoms with Crippen LogP contribution in [0.5, 0.6) is 0 Å². The van der Waals surface area contributed by atoms with E-state index in [1.54, 1.807) is 41.3 Å². The van der Waals surface area contributed by atoms with E-state index in [1.807, 2.05) is 0 Å². The Morgan fingerprint density at radius 2 is 1.87 bits per heavy atom. The van der Waals surface area contributed by atoms with Crippen LogP contribution in [0.2, 0.25) is 0 Å². The summed E-state index contributed by atoms with van der Waals surface area (Å²) in [5.41, 5.74) is 7.46. The molecule has 7 nitrogen and oxygen atoms in total. The maximum atomic E-state index is 13.4. The monoisotopic (exact) mass is 423 g/mol. The van der Waals surface area contributed by atoms with E-state index in [0.29, 0.717) is 35.1 Å². The number of ketones is 1. The second-order valence-corrected chi connectivity index (χ2v) is 9.80. The number of hydrogen-bond acceptors (Lipinski definition) is 6. The second kappa shape index (κ2) is 6.70. The molecule has 2 aromatic rings. The largest absolute Gasteiger partial charge is 0.399 e. The van der Waals surface area contributed by atoms with Crippen molar-refractivity contribution in [3.05, 3.63) is 59.1 Å². The van der Waals surface area contributed by atoms with Crippen molar-refractivity contribution in [2.24, 2.45) is 11.8 Å². The van der Waals surface area contributed by atoms with Gasteiger partial charge in [-0.25, -0.2) is 8.42 Å². The lowest BCUT2D eigenvalue weighted by molar-refractivity contribution is -0.120. The molecular weight excluding hydrogens is 402 g/mol. The highest BCUT2D eigenvalue weighted by Crippen LogP contribution is 2.40. The van der Waals surface area contributed by atoms with Gasteiger partial charge in [-0.3, -0.25) is 9.59 Å². The fourth-order valence-corrected chi connectivity index (χ4v) is 5.50. The van der Waals surface area contributed by atoms with Crippen molar-refractivity contribution in [3.63, 3.8) is 0 Å². The van der Waals surface area contributed by atoms with Crippen LogP contribution >= 0.6 is 0 Å². The summed E-state index contributed by atoms with van der Waals surface area (Å²) in [5, 5.41) is 3.99. The highest BCUT2D eigenvalue weighted by Gasteiger charge is 2.43. The van der Waals surface area contributed by atoms with E-state index < -0.39 is 27.4 Å². The summed E-state index contributed by atoms with van der Waals surface area (Å²) in [6.45, 7) is 0.511. The summed E-state index contributed by atoms with van der Waals surface area (Å²) >= 11 is 0. The molecule has 5 rings (SSSR count). The number of rotatable bonds is 4. The molecule has 1 unspecified atom stereocenters. The average molecular weight is 423 g/mol.